The molecule has 5 nitrogen and oxygen atoms in total. The van der Waals surface area contributed by atoms with Gasteiger partial charge in [0.25, 0.3) is 11.8 Å². The lowest BCUT2D eigenvalue weighted by molar-refractivity contribution is -0.573. The monoisotopic (exact) mass is 418 g/mol. The Morgan fingerprint density at radius 2 is 1.65 bits per heavy atom. The van der Waals surface area contributed by atoms with Crippen molar-refractivity contribution in [3.8, 4) is 0 Å². The van der Waals surface area contributed by atoms with Crippen LogP contribution in [0.4, 0.5) is 0 Å². The maximum absolute atomic E-state index is 13.5. The average Bonchev–Trinajstić information content (AvgIpc) is 3.24. The molecule has 4 rings (SSSR count). The average molecular weight is 419 g/mol. The van der Waals surface area contributed by atoms with Gasteiger partial charge in [0.1, 0.15) is 13.1 Å². The van der Waals surface area contributed by atoms with Gasteiger partial charge in [-0.05, 0) is 42.7 Å². The largest absolute Gasteiger partial charge is 0.345 e. The molecule has 2 aliphatic rings. The molecule has 1 N–H and O–H groups in total. The Kier molecular flexibility index (Phi) is 5.46. The first kappa shape index (κ1) is 21.3. The van der Waals surface area contributed by atoms with Crippen molar-refractivity contribution in [3.63, 3.8) is 0 Å². The molecule has 31 heavy (non-hydrogen) atoms. The summed E-state index contributed by atoms with van der Waals surface area (Å²) in [5.41, 5.74) is 5.64. The van der Waals surface area contributed by atoms with E-state index in [0.29, 0.717) is 5.56 Å². The molecular weight excluding hydrogens is 386 g/mol. The number of amides is 2. The Balaban J connectivity index is 1.77. The summed E-state index contributed by atoms with van der Waals surface area (Å²) in [5, 5.41) is 3.40. The number of rotatable bonds is 5. The van der Waals surface area contributed by atoms with Crippen molar-refractivity contribution >= 4 is 17.5 Å². The summed E-state index contributed by atoms with van der Waals surface area (Å²) in [5.74, 6) is -0.0781. The number of hydrogen-bond acceptors (Lipinski definition) is 2. The van der Waals surface area contributed by atoms with Crippen molar-refractivity contribution in [2.24, 2.45) is 0 Å². The van der Waals surface area contributed by atoms with Crippen LogP contribution < -0.4 is 5.32 Å². The number of aryl methyl sites for hydroxylation is 2. The molecule has 0 saturated heterocycles. The summed E-state index contributed by atoms with van der Waals surface area (Å²) < 4.78 is 2.39. The number of nitrogens with one attached hydrogen (secondary N) is 1. The Bertz CT molecular complexity index is 1050. The Hall–Kier alpha value is -2.95. The van der Waals surface area contributed by atoms with Gasteiger partial charge in [0.2, 0.25) is 0 Å². The van der Waals surface area contributed by atoms with Crippen LogP contribution in [0.5, 0.6) is 0 Å². The van der Waals surface area contributed by atoms with Gasteiger partial charge >= 0.3 is 0 Å². The second-order valence-corrected chi connectivity index (χ2v) is 9.23. The minimum Gasteiger partial charge on any atom is -0.345 e. The van der Waals surface area contributed by atoms with Crippen LogP contribution in [0.15, 0.2) is 42.5 Å². The van der Waals surface area contributed by atoms with Gasteiger partial charge in [-0.1, -0.05) is 30.3 Å². The van der Waals surface area contributed by atoms with Crippen LogP contribution in [0.25, 0.3) is 0 Å². The summed E-state index contributed by atoms with van der Waals surface area (Å²) >= 11 is 0. The minimum absolute atomic E-state index is 0.0300. The highest BCUT2D eigenvalue weighted by Crippen LogP contribution is 2.46. The van der Waals surface area contributed by atoms with Crippen molar-refractivity contribution in [1.29, 1.82) is 0 Å². The zero-order valence-corrected chi connectivity index (χ0v) is 19.2. The Labute approximate surface area is 184 Å². The zero-order valence-electron chi connectivity index (χ0n) is 19.2. The summed E-state index contributed by atoms with van der Waals surface area (Å²) in [6.45, 7) is 3.96. The summed E-state index contributed by atoms with van der Waals surface area (Å²) in [4.78, 5) is 27.7. The lowest BCUT2D eigenvalue weighted by Gasteiger charge is -2.34. The molecule has 2 bridgehead atoms. The molecule has 0 aromatic heterocycles. The van der Waals surface area contributed by atoms with Crippen molar-refractivity contribution in [1.82, 2.24) is 10.2 Å². The number of carbonyl (C=O) groups excluding carboxylic acids is 2. The normalized spacial score (nSPS) is 17.6. The summed E-state index contributed by atoms with van der Waals surface area (Å²) in [7, 11) is 5.68. The smallest absolute Gasteiger partial charge is 0.253 e. The van der Waals surface area contributed by atoms with Crippen LogP contribution in [-0.4, -0.2) is 53.7 Å². The van der Waals surface area contributed by atoms with Crippen molar-refractivity contribution < 1.29 is 14.2 Å². The fourth-order valence-electron chi connectivity index (χ4n) is 5.45. The van der Waals surface area contributed by atoms with Gasteiger partial charge in [-0.2, -0.15) is 0 Å². The first-order valence-corrected chi connectivity index (χ1v) is 11.0. The molecule has 2 aromatic rings. The van der Waals surface area contributed by atoms with Crippen LogP contribution in [-0.2, 0) is 0 Å². The van der Waals surface area contributed by atoms with Crippen molar-refractivity contribution in [2.75, 3.05) is 21.1 Å². The lowest BCUT2D eigenvalue weighted by Crippen LogP contribution is -2.49. The fourth-order valence-corrected chi connectivity index (χ4v) is 5.45. The van der Waals surface area contributed by atoms with E-state index < -0.39 is 0 Å². The third kappa shape index (κ3) is 3.56. The van der Waals surface area contributed by atoms with Crippen LogP contribution in [0, 0.1) is 13.8 Å². The summed E-state index contributed by atoms with van der Waals surface area (Å²) in [6.07, 6.45) is 4.18. The molecule has 0 fully saturated rings. The Morgan fingerprint density at radius 3 is 2.19 bits per heavy atom. The van der Waals surface area contributed by atoms with E-state index in [-0.39, 0.29) is 23.4 Å². The molecule has 1 unspecified atom stereocenters. The fraction of sp³-hybridized carbons (Fsp3) is 0.423. The van der Waals surface area contributed by atoms with E-state index in [2.05, 4.69) is 16.9 Å². The van der Waals surface area contributed by atoms with Crippen LogP contribution in [0.1, 0.15) is 69.1 Å². The summed E-state index contributed by atoms with van der Waals surface area (Å²) in [6, 6.07) is 13.5. The molecule has 2 aliphatic heterocycles. The highest BCUT2D eigenvalue weighted by atomic mass is 16.2. The number of likely N-dealkylation sites (N-methyl/N-ethyl adjacent to an activating group) is 1. The Morgan fingerprint density at radius 1 is 1.03 bits per heavy atom. The van der Waals surface area contributed by atoms with Crippen molar-refractivity contribution in [2.45, 2.75) is 51.1 Å². The first-order chi connectivity index (χ1) is 14.7. The van der Waals surface area contributed by atoms with Gasteiger partial charge in [-0.25, -0.2) is 4.58 Å². The molecule has 5 heteroatoms. The second kappa shape index (κ2) is 7.95. The first-order valence-electron chi connectivity index (χ1n) is 11.0. The van der Waals surface area contributed by atoms with Gasteiger partial charge in [-0.3, -0.25) is 9.59 Å². The van der Waals surface area contributed by atoms with E-state index in [0.717, 1.165) is 47.9 Å². The standard InChI is InChI=1S/C26H31N3O2/c1-17-8-6-9-18(2)22(17)24(30)27-23(26-14-12-21(13-15-26)29(26)5)19-10-7-11-20(16-19)25(31)28(3)4/h6-11,16,23H,12-15H2,1-5H3/p+1. The molecule has 162 valence electrons. The predicted molar refractivity (Wildman–Crippen MR) is 123 cm³/mol. The van der Waals surface area contributed by atoms with Gasteiger partial charge in [0, 0.05) is 50.9 Å². The van der Waals surface area contributed by atoms with E-state index in [1.807, 2.05) is 56.3 Å². The van der Waals surface area contributed by atoms with E-state index in [1.165, 1.54) is 5.71 Å². The second-order valence-electron chi connectivity index (χ2n) is 9.23. The molecule has 0 radical (unpaired) electrons. The maximum Gasteiger partial charge on any atom is 0.253 e. The number of benzene rings is 2. The van der Waals surface area contributed by atoms with E-state index >= 15 is 0 Å². The molecule has 0 aliphatic carbocycles. The zero-order chi connectivity index (χ0) is 22.3. The number of hydrogen-bond donors (Lipinski definition) is 1. The topological polar surface area (TPSA) is 52.4 Å². The van der Waals surface area contributed by atoms with Crippen LogP contribution >= 0.6 is 0 Å². The lowest BCUT2D eigenvalue weighted by atomic mass is 9.77. The van der Waals surface area contributed by atoms with Crippen LogP contribution in [0.3, 0.4) is 0 Å². The number of carbonyl (C=O) groups is 2. The van der Waals surface area contributed by atoms with Gasteiger partial charge < -0.3 is 10.2 Å². The molecule has 0 spiro atoms. The quantitative estimate of drug-likeness (QED) is 0.749. The molecule has 0 saturated carbocycles. The SMILES string of the molecule is Cc1cccc(C)c1C(=O)NC(c1cccc(C(=O)N(C)C)c1)C12CCC(=[N+]1C)CC2. The van der Waals surface area contributed by atoms with E-state index in [1.54, 1.807) is 19.0 Å². The predicted octanol–water partition coefficient (Wildman–Crippen LogP) is 3.89. The molecule has 2 amide bonds. The number of fused-ring (bicyclic) bond motifs is 1. The van der Waals surface area contributed by atoms with Gasteiger partial charge in [0.05, 0.1) is 0 Å². The minimum atomic E-state index is -0.195. The highest BCUT2D eigenvalue weighted by Gasteiger charge is 2.57. The van der Waals surface area contributed by atoms with E-state index in [9.17, 15) is 9.59 Å². The van der Waals surface area contributed by atoms with E-state index in [4.69, 9.17) is 0 Å². The highest BCUT2D eigenvalue weighted by molar-refractivity contribution is 5.98. The third-order valence-corrected chi connectivity index (χ3v) is 7.23. The third-order valence-electron chi connectivity index (χ3n) is 7.23. The molecule has 2 heterocycles. The van der Waals surface area contributed by atoms with Gasteiger partial charge in [-0.15, -0.1) is 0 Å². The molecular formula is C26H32N3O2+. The number of nitrogens with zero attached hydrogens (tertiary/aromatic N) is 2. The van der Waals surface area contributed by atoms with Gasteiger partial charge in [0.15, 0.2) is 11.3 Å². The maximum atomic E-state index is 13.5. The molecule has 1 atom stereocenters. The van der Waals surface area contributed by atoms with Crippen molar-refractivity contribution in [3.05, 3.63) is 70.3 Å². The molecule has 2 aromatic carbocycles. The van der Waals surface area contributed by atoms with Crippen LogP contribution in [0.2, 0.25) is 0 Å².